The van der Waals surface area contributed by atoms with Gasteiger partial charge >= 0.3 is 5.97 Å². The third kappa shape index (κ3) is 5.73. The van der Waals surface area contributed by atoms with Crippen molar-refractivity contribution in [3.05, 3.63) is 63.7 Å². The Morgan fingerprint density at radius 1 is 1.17 bits per heavy atom. The number of carbonyl (C=O) groups excluding carboxylic acids is 2. The summed E-state index contributed by atoms with van der Waals surface area (Å²) in [6.07, 6.45) is 1.03. The van der Waals surface area contributed by atoms with E-state index in [1.807, 2.05) is 37.3 Å². The van der Waals surface area contributed by atoms with Crippen molar-refractivity contribution in [1.82, 2.24) is 9.80 Å². The molecule has 2 atom stereocenters. The number of aliphatic carboxylic acids is 1. The van der Waals surface area contributed by atoms with Crippen LogP contribution in [0.5, 0.6) is 5.75 Å². The number of amides is 2. The topological polar surface area (TPSA) is 87.2 Å². The molecule has 1 heterocycles. The summed E-state index contributed by atoms with van der Waals surface area (Å²) in [5.41, 5.74) is 4.06. The van der Waals surface area contributed by atoms with Crippen LogP contribution in [0.4, 0.5) is 0 Å². The van der Waals surface area contributed by atoms with Crippen molar-refractivity contribution in [3.8, 4) is 5.75 Å². The summed E-state index contributed by atoms with van der Waals surface area (Å²) < 4.78 is 5.88. The number of aryl methyl sites for hydroxylation is 1. The van der Waals surface area contributed by atoms with Gasteiger partial charge in [0.1, 0.15) is 12.4 Å². The number of ether oxygens (including phenoxy) is 1. The van der Waals surface area contributed by atoms with Crippen LogP contribution in [0.2, 0.25) is 5.02 Å². The maximum atomic E-state index is 12.2. The van der Waals surface area contributed by atoms with E-state index in [0.29, 0.717) is 29.7 Å². The summed E-state index contributed by atoms with van der Waals surface area (Å²) in [7, 11) is 0. The smallest absolute Gasteiger partial charge is 0.308 e. The van der Waals surface area contributed by atoms with Gasteiger partial charge in [-0.1, -0.05) is 43.6 Å². The standard InChI is InChI=1S/C28H33ClN2O5/c1-17(2)15-30(27-22-6-5-21(29)13-20(22)14-23(27)28(34)35)16-19-4-7-24(18(3)12-19)36-11-10-31-25(32)8-9-26(31)33/h4-7,12-13,17,23,27H,8-11,14-16H2,1-3H3,(H,34,35). The van der Waals surface area contributed by atoms with E-state index in [1.54, 1.807) is 0 Å². The molecule has 1 fully saturated rings. The molecule has 0 spiro atoms. The molecule has 1 aliphatic heterocycles. The van der Waals surface area contributed by atoms with Gasteiger partial charge in [-0.2, -0.15) is 0 Å². The molecule has 2 amide bonds. The maximum Gasteiger partial charge on any atom is 0.308 e. The van der Waals surface area contributed by atoms with E-state index in [0.717, 1.165) is 28.8 Å². The van der Waals surface area contributed by atoms with E-state index in [-0.39, 0.29) is 43.8 Å². The van der Waals surface area contributed by atoms with Crippen molar-refractivity contribution in [2.24, 2.45) is 11.8 Å². The second kappa shape index (κ2) is 11.0. The number of fused-ring (bicyclic) bond motifs is 1. The Labute approximate surface area is 217 Å². The molecule has 2 aliphatic rings. The van der Waals surface area contributed by atoms with E-state index < -0.39 is 11.9 Å². The molecule has 36 heavy (non-hydrogen) atoms. The monoisotopic (exact) mass is 512 g/mol. The van der Waals surface area contributed by atoms with Gasteiger partial charge in [-0.05, 0) is 59.7 Å². The van der Waals surface area contributed by atoms with E-state index in [4.69, 9.17) is 16.3 Å². The first-order chi connectivity index (χ1) is 17.1. The lowest BCUT2D eigenvalue weighted by atomic mass is 9.96. The minimum absolute atomic E-state index is 0.142. The molecule has 1 N–H and O–H groups in total. The van der Waals surface area contributed by atoms with Crippen molar-refractivity contribution in [2.75, 3.05) is 19.7 Å². The van der Waals surface area contributed by atoms with Gasteiger partial charge in [0, 0.05) is 37.0 Å². The van der Waals surface area contributed by atoms with Crippen molar-refractivity contribution >= 4 is 29.4 Å². The highest BCUT2D eigenvalue weighted by molar-refractivity contribution is 6.30. The molecule has 0 bridgehead atoms. The van der Waals surface area contributed by atoms with Crippen LogP contribution in [0.15, 0.2) is 36.4 Å². The summed E-state index contributed by atoms with van der Waals surface area (Å²) in [6, 6.07) is 11.4. The van der Waals surface area contributed by atoms with Crippen molar-refractivity contribution in [3.63, 3.8) is 0 Å². The van der Waals surface area contributed by atoms with Gasteiger partial charge in [0.2, 0.25) is 11.8 Å². The number of nitrogens with zero attached hydrogens (tertiary/aromatic N) is 2. The first-order valence-corrected chi connectivity index (χ1v) is 12.8. The van der Waals surface area contributed by atoms with Crippen LogP contribution >= 0.6 is 11.6 Å². The number of carbonyl (C=O) groups is 3. The Hall–Kier alpha value is -2.90. The number of carboxylic acid groups (broad SMARTS) is 1. The lowest BCUT2D eigenvalue weighted by Gasteiger charge is -2.34. The molecule has 8 heteroatoms. The Morgan fingerprint density at radius 2 is 1.89 bits per heavy atom. The van der Waals surface area contributed by atoms with Gasteiger partial charge in [-0.15, -0.1) is 0 Å². The van der Waals surface area contributed by atoms with Crippen LogP contribution in [-0.2, 0) is 27.3 Å². The van der Waals surface area contributed by atoms with Crippen LogP contribution in [0.3, 0.4) is 0 Å². The first kappa shape index (κ1) is 26.2. The Kier molecular flexibility index (Phi) is 8.00. The lowest BCUT2D eigenvalue weighted by Crippen LogP contribution is -2.36. The van der Waals surface area contributed by atoms with Gasteiger partial charge < -0.3 is 9.84 Å². The lowest BCUT2D eigenvalue weighted by molar-refractivity contribution is -0.144. The molecule has 0 saturated carbocycles. The highest BCUT2D eigenvalue weighted by Crippen LogP contribution is 2.42. The molecular weight excluding hydrogens is 480 g/mol. The number of likely N-dealkylation sites (tertiary alicyclic amines) is 1. The fourth-order valence-electron chi connectivity index (χ4n) is 5.35. The Balaban J connectivity index is 1.50. The second-order valence-corrected chi connectivity index (χ2v) is 10.6. The van der Waals surface area contributed by atoms with Crippen LogP contribution in [0.1, 0.15) is 55.0 Å². The number of rotatable bonds is 10. The maximum absolute atomic E-state index is 12.2. The molecule has 0 aromatic heterocycles. The Morgan fingerprint density at radius 3 is 2.53 bits per heavy atom. The van der Waals surface area contributed by atoms with E-state index >= 15 is 0 Å². The molecule has 0 radical (unpaired) electrons. The van der Waals surface area contributed by atoms with Gasteiger partial charge in [0.25, 0.3) is 0 Å². The van der Waals surface area contributed by atoms with Crippen molar-refractivity contribution < 1.29 is 24.2 Å². The highest BCUT2D eigenvalue weighted by Gasteiger charge is 2.41. The minimum atomic E-state index is -0.795. The summed E-state index contributed by atoms with van der Waals surface area (Å²) in [6.45, 7) is 8.10. The van der Waals surface area contributed by atoms with Crippen molar-refractivity contribution in [1.29, 1.82) is 0 Å². The SMILES string of the molecule is Cc1cc(CN(CC(C)C)C2c3ccc(Cl)cc3CC2C(=O)O)ccc1OCCN1C(=O)CCC1=O. The van der Waals surface area contributed by atoms with Crippen LogP contribution in [0.25, 0.3) is 0 Å². The van der Waals surface area contributed by atoms with Crippen LogP contribution in [0, 0.1) is 18.8 Å². The van der Waals surface area contributed by atoms with Gasteiger partial charge in [0.05, 0.1) is 12.5 Å². The zero-order valence-electron chi connectivity index (χ0n) is 21.0. The fraction of sp³-hybridized carbons (Fsp3) is 0.464. The third-order valence-electron chi connectivity index (χ3n) is 6.91. The minimum Gasteiger partial charge on any atom is -0.491 e. The van der Waals surface area contributed by atoms with Crippen LogP contribution in [-0.4, -0.2) is 52.4 Å². The molecule has 2 aromatic carbocycles. The van der Waals surface area contributed by atoms with Gasteiger partial charge in [-0.3, -0.25) is 24.2 Å². The molecule has 2 unspecified atom stereocenters. The van der Waals surface area contributed by atoms with Gasteiger partial charge in [0.15, 0.2) is 0 Å². The van der Waals surface area contributed by atoms with E-state index in [2.05, 4.69) is 24.8 Å². The normalized spacial score (nSPS) is 19.4. The number of halogens is 1. The number of benzene rings is 2. The first-order valence-electron chi connectivity index (χ1n) is 12.4. The predicted molar refractivity (Wildman–Crippen MR) is 137 cm³/mol. The number of hydrogen-bond acceptors (Lipinski definition) is 5. The van der Waals surface area contributed by atoms with E-state index in [1.165, 1.54) is 4.90 Å². The summed E-state index contributed by atoms with van der Waals surface area (Å²) in [4.78, 5) is 39.3. The Bertz CT molecular complexity index is 1150. The third-order valence-corrected chi connectivity index (χ3v) is 7.14. The molecule has 1 saturated heterocycles. The average Bonchev–Trinajstić information content (AvgIpc) is 3.34. The zero-order valence-corrected chi connectivity index (χ0v) is 21.8. The molecule has 2 aromatic rings. The summed E-state index contributed by atoms with van der Waals surface area (Å²) in [5, 5.41) is 10.7. The van der Waals surface area contributed by atoms with Crippen LogP contribution < -0.4 is 4.74 Å². The summed E-state index contributed by atoms with van der Waals surface area (Å²) >= 11 is 6.20. The molecule has 7 nitrogen and oxygen atoms in total. The largest absolute Gasteiger partial charge is 0.491 e. The molecule has 192 valence electrons. The number of hydrogen-bond donors (Lipinski definition) is 1. The summed E-state index contributed by atoms with van der Waals surface area (Å²) in [5.74, 6) is -0.548. The van der Waals surface area contributed by atoms with Gasteiger partial charge in [-0.25, -0.2) is 0 Å². The predicted octanol–water partition coefficient (Wildman–Crippen LogP) is 4.63. The second-order valence-electron chi connectivity index (χ2n) is 10.1. The zero-order chi connectivity index (χ0) is 26.0. The molecule has 1 aliphatic carbocycles. The number of carboxylic acids is 1. The average molecular weight is 513 g/mol. The quantitative estimate of drug-likeness (QED) is 0.467. The molecule has 4 rings (SSSR count). The van der Waals surface area contributed by atoms with E-state index in [9.17, 15) is 19.5 Å². The fourth-order valence-corrected chi connectivity index (χ4v) is 5.54. The molecular formula is C28H33ClN2O5. The van der Waals surface area contributed by atoms with Crippen molar-refractivity contribution in [2.45, 2.75) is 52.6 Å². The highest BCUT2D eigenvalue weighted by atomic mass is 35.5. The number of imide groups is 1.